The quantitative estimate of drug-likeness (QED) is 0.660. The van der Waals surface area contributed by atoms with Gasteiger partial charge < -0.3 is 25.0 Å². The van der Waals surface area contributed by atoms with Gasteiger partial charge >= 0.3 is 6.09 Å². The number of amides is 2. The van der Waals surface area contributed by atoms with Gasteiger partial charge in [-0.3, -0.25) is 4.79 Å². The molecule has 0 saturated heterocycles. The van der Waals surface area contributed by atoms with E-state index in [1.54, 1.807) is 0 Å². The van der Waals surface area contributed by atoms with Crippen LogP contribution < -0.4 is 10.6 Å². The van der Waals surface area contributed by atoms with Crippen molar-refractivity contribution in [3.63, 3.8) is 0 Å². The summed E-state index contributed by atoms with van der Waals surface area (Å²) in [5.41, 5.74) is 0.245. The second-order valence-corrected chi connectivity index (χ2v) is 8.23. The summed E-state index contributed by atoms with van der Waals surface area (Å²) in [6.07, 6.45) is -0.701. The molecule has 0 bridgehead atoms. The number of nitrogens with one attached hydrogen (secondary N) is 2. The van der Waals surface area contributed by atoms with E-state index < -0.39 is 24.9 Å². The Morgan fingerprint density at radius 1 is 1.27 bits per heavy atom. The molecule has 0 heterocycles. The van der Waals surface area contributed by atoms with Gasteiger partial charge in [-0.05, 0) is 18.9 Å². The molecule has 1 atom stereocenters. The lowest BCUT2D eigenvalue weighted by Crippen LogP contribution is -2.45. The van der Waals surface area contributed by atoms with Crippen LogP contribution in [0, 0.1) is 0 Å². The molecule has 1 rings (SSSR count). The minimum atomic E-state index is -2.89. The maximum atomic E-state index is 11.6. The summed E-state index contributed by atoms with van der Waals surface area (Å²) in [6.45, 7) is 2.39. The van der Waals surface area contributed by atoms with Crippen molar-refractivity contribution in [1.82, 2.24) is 10.6 Å². The zero-order chi connectivity index (χ0) is 16.6. The number of carbonyl (C=O) groups excluding carboxylic acids is 2. The molecule has 0 aromatic heterocycles. The Labute approximate surface area is 129 Å². The number of alkyl carbamates (subject to hydrolysis) is 1. The lowest BCUT2D eigenvalue weighted by Gasteiger charge is -2.17. The monoisotopic (exact) mass is 328 g/mol. The molecule has 1 aromatic carbocycles. The third-order valence-corrected chi connectivity index (χ3v) is 3.88. The average Bonchev–Trinajstić information content (AvgIpc) is 2.49. The van der Waals surface area contributed by atoms with E-state index in [1.807, 2.05) is 30.3 Å². The van der Waals surface area contributed by atoms with Crippen LogP contribution in [0.4, 0.5) is 9.59 Å². The standard InChI is InChI=1S/C14H21N2O5P/c1-22(2,20)14(19)15-8-12(9-17)16-13(18)21-10-11-6-4-3-5-7-11/h3-7,12,17H,8-10H2,1-2H3,(H,15,19)(H,16,18)/t12-/m0/s1. The molecule has 1 aromatic rings. The molecule has 8 heteroatoms. The molecule has 0 spiro atoms. The van der Waals surface area contributed by atoms with Crippen LogP contribution in [-0.4, -0.2) is 49.4 Å². The molecule has 22 heavy (non-hydrogen) atoms. The van der Waals surface area contributed by atoms with Gasteiger partial charge in [-0.15, -0.1) is 0 Å². The van der Waals surface area contributed by atoms with Crippen LogP contribution in [-0.2, 0) is 15.9 Å². The average molecular weight is 328 g/mol. The molecular weight excluding hydrogens is 307 g/mol. The highest BCUT2D eigenvalue weighted by Crippen LogP contribution is 2.36. The van der Waals surface area contributed by atoms with E-state index in [-0.39, 0.29) is 19.8 Å². The van der Waals surface area contributed by atoms with E-state index in [1.165, 1.54) is 13.3 Å². The maximum absolute atomic E-state index is 11.6. The Balaban J connectivity index is 2.37. The molecular formula is C14H21N2O5P. The van der Waals surface area contributed by atoms with E-state index in [0.717, 1.165) is 5.56 Å². The normalized spacial score (nSPS) is 12.3. The van der Waals surface area contributed by atoms with Crippen LogP contribution in [0.15, 0.2) is 30.3 Å². The highest BCUT2D eigenvalue weighted by atomic mass is 31.2. The Kier molecular flexibility index (Phi) is 7.08. The predicted octanol–water partition coefficient (Wildman–Crippen LogP) is 1.61. The lowest BCUT2D eigenvalue weighted by atomic mass is 10.2. The van der Waals surface area contributed by atoms with Gasteiger partial charge in [0.15, 0.2) is 7.14 Å². The number of aliphatic hydroxyl groups is 1. The van der Waals surface area contributed by atoms with Crippen molar-refractivity contribution in [3.8, 4) is 0 Å². The van der Waals surface area contributed by atoms with Crippen LogP contribution in [0.2, 0.25) is 0 Å². The topological polar surface area (TPSA) is 105 Å². The van der Waals surface area contributed by atoms with Crippen molar-refractivity contribution in [2.24, 2.45) is 0 Å². The summed E-state index contributed by atoms with van der Waals surface area (Å²) in [7, 11) is -2.89. The first-order chi connectivity index (χ1) is 10.3. The smallest absolute Gasteiger partial charge is 0.407 e. The largest absolute Gasteiger partial charge is 0.445 e. The molecule has 0 fully saturated rings. The molecule has 2 amide bonds. The van der Waals surface area contributed by atoms with Crippen molar-refractivity contribution >= 4 is 18.9 Å². The Hall–Kier alpha value is -1.85. The second-order valence-electron chi connectivity index (χ2n) is 5.12. The highest BCUT2D eigenvalue weighted by molar-refractivity contribution is 7.78. The Bertz CT molecular complexity index is 543. The van der Waals surface area contributed by atoms with Crippen LogP contribution in [0.1, 0.15) is 5.56 Å². The number of benzene rings is 1. The zero-order valence-electron chi connectivity index (χ0n) is 12.6. The second kappa shape index (κ2) is 8.56. The molecule has 0 radical (unpaired) electrons. The van der Waals surface area contributed by atoms with E-state index >= 15 is 0 Å². The lowest BCUT2D eigenvalue weighted by molar-refractivity contribution is 0.129. The van der Waals surface area contributed by atoms with Gasteiger partial charge in [0.25, 0.3) is 5.65 Å². The van der Waals surface area contributed by atoms with Gasteiger partial charge in [0.05, 0.1) is 12.6 Å². The molecule has 0 saturated carbocycles. The van der Waals surface area contributed by atoms with Crippen LogP contribution >= 0.6 is 7.14 Å². The zero-order valence-corrected chi connectivity index (χ0v) is 13.5. The number of rotatable bonds is 7. The molecule has 7 nitrogen and oxygen atoms in total. The molecule has 0 unspecified atom stereocenters. The van der Waals surface area contributed by atoms with Crippen molar-refractivity contribution in [2.75, 3.05) is 26.5 Å². The third-order valence-electron chi connectivity index (χ3n) is 2.74. The van der Waals surface area contributed by atoms with Gasteiger partial charge in [0.2, 0.25) is 0 Å². The first kappa shape index (κ1) is 18.2. The van der Waals surface area contributed by atoms with Crippen molar-refractivity contribution < 1.29 is 24.0 Å². The van der Waals surface area contributed by atoms with Crippen LogP contribution in [0.3, 0.4) is 0 Å². The minimum absolute atomic E-state index is 0.0263. The highest BCUT2D eigenvalue weighted by Gasteiger charge is 2.20. The summed E-state index contributed by atoms with van der Waals surface area (Å²) in [5.74, 6) is 0. The van der Waals surface area contributed by atoms with Gasteiger partial charge in [-0.2, -0.15) is 0 Å². The fourth-order valence-corrected chi connectivity index (χ4v) is 1.97. The summed E-state index contributed by atoms with van der Waals surface area (Å²) in [6, 6.07) is 8.44. The Morgan fingerprint density at radius 2 is 1.91 bits per heavy atom. The number of aliphatic hydroxyl groups excluding tert-OH is 1. The summed E-state index contributed by atoms with van der Waals surface area (Å²) >= 11 is 0. The van der Waals surface area contributed by atoms with Gasteiger partial charge in [-0.1, -0.05) is 30.3 Å². The predicted molar refractivity (Wildman–Crippen MR) is 83.5 cm³/mol. The molecule has 0 aliphatic heterocycles. The molecule has 122 valence electrons. The molecule has 0 aliphatic carbocycles. The van der Waals surface area contributed by atoms with E-state index in [4.69, 9.17) is 4.74 Å². The summed E-state index contributed by atoms with van der Waals surface area (Å²) < 4.78 is 16.5. The van der Waals surface area contributed by atoms with Gasteiger partial charge in [-0.25, -0.2) is 4.79 Å². The van der Waals surface area contributed by atoms with Crippen molar-refractivity contribution in [1.29, 1.82) is 0 Å². The van der Waals surface area contributed by atoms with E-state index in [2.05, 4.69) is 10.6 Å². The van der Waals surface area contributed by atoms with Crippen molar-refractivity contribution in [3.05, 3.63) is 35.9 Å². The van der Waals surface area contributed by atoms with E-state index in [9.17, 15) is 19.3 Å². The number of hydrogen-bond acceptors (Lipinski definition) is 5. The number of carbonyl (C=O) groups is 2. The Morgan fingerprint density at radius 3 is 2.45 bits per heavy atom. The molecule has 0 aliphatic rings. The summed E-state index contributed by atoms with van der Waals surface area (Å²) in [4.78, 5) is 23.1. The minimum Gasteiger partial charge on any atom is -0.445 e. The fraction of sp³-hybridized carbons (Fsp3) is 0.429. The first-order valence-corrected chi connectivity index (χ1v) is 9.34. The van der Waals surface area contributed by atoms with Crippen LogP contribution in [0.25, 0.3) is 0 Å². The first-order valence-electron chi connectivity index (χ1n) is 6.74. The molecule has 3 N–H and O–H groups in total. The number of ether oxygens (including phenoxy) is 1. The van der Waals surface area contributed by atoms with Gasteiger partial charge in [0, 0.05) is 6.54 Å². The number of hydrogen-bond donors (Lipinski definition) is 3. The maximum Gasteiger partial charge on any atom is 0.407 e. The summed E-state index contributed by atoms with van der Waals surface area (Å²) in [5, 5.41) is 14.0. The third kappa shape index (κ3) is 6.74. The van der Waals surface area contributed by atoms with E-state index in [0.29, 0.717) is 0 Å². The van der Waals surface area contributed by atoms with Crippen LogP contribution in [0.5, 0.6) is 0 Å². The van der Waals surface area contributed by atoms with Gasteiger partial charge in [0.1, 0.15) is 6.61 Å². The fourth-order valence-electron chi connectivity index (χ4n) is 1.49. The SMILES string of the molecule is CP(C)(=O)C(=O)NC[C@@H](CO)NC(=O)OCc1ccccc1. The van der Waals surface area contributed by atoms with Crippen molar-refractivity contribution in [2.45, 2.75) is 12.6 Å².